The van der Waals surface area contributed by atoms with Crippen molar-refractivity contribution in [3.63, 3.8) is 0 Å². The fourth-order valence-corrected chi connectivity index (χ4v) is 2.67. The zero-order valence-electron chi connectivity index (χ0n) is 13.2. The summed E-state index contributed by atoms with van der Waals surface area (Å²) in [7, 11) is 3.30. The molecular weight excluding hydrogens is 340 g/mol. The molecule has 0 amide bonds. The number of ether oxygens (including phenoxy) is 2. The van der Waals surface area contributed by atoms with Crippen molar-refractivity contribution in [1.29, 1.82) is 0 Å². The molecule has 0 aliphatic carbocycles. The van der Waals surface area contributed by atoms with E-state index in [4.69, 9.17) is 9.47 Å². The lowest BCUT2D eigenvalue weighted by molar-refractivity contribution is 0.385. The highest BCUT2D eigenvalue weighted by Gasteiger charge is 2.24. The maximum atomic E-state index is 5.51. The molecule has 114 valence electrons. The first-order valence-corrected chi connectivity index (χ1v) is 7.77. The third-order valence-electron chi connectivity index (χ3n) is 3.44. The smallest absolute Gasteiger partial charge is 0.136 e. The van der Waals surface area contributed by atoms with Crippen LogP contribution < -0.4 is 9.47 Å². The second-order valence-electron chi connectivity index (χ2n) is 5.43. The van der Waals surface area contributed by atoms with Crippen LogP contribution in [0.1, 0.15) is 25.0 Å². The predicted molar refractivity (Wildman–Crippen MR) is 93.6 cm³/mol. The average molecular weight is 359 g/mol. The molecule has 0 atom stereocenters. The van der Waals surface area contributed by atoms with Gasteiger partial charge >= 0.3 is 0 Å². The monoisotopic (exact) mass is 358 g/mol. The highest BCUT2D eigenvalue weighted by molar-refractivity contribution is 9.10. The number of rotatable bonds is 3. The lowest BCUT2D eigenvalue weighted by Gasteiger charge is -2.22. The zero-order valence-corrected chi connectivity index (χ0v) is 14.8. The van der Waals surface area contributed by atoms with Crippen molar-refractivity contribution in [3.05, 3.63) is 58.1 Å². The van der Waals surface area contributed by atoms with Crippen LogP contribution in [-0.4, -0.2) is 14.2 Å². The van der Waals surface area contributed by atoms with Crippen LogP contribution in [-0.2, 0) is 5.41 Å². The summed E-state index contributed by atoms with van der Waals surface area (Å²) in [6.45, 7) is 4.17. The highest BCUT2D eigenvalue weighted by atomic mass is 79.9. The van der Waals surface area contributed by atoms with Crippen LogP contribution >= 0.6 is 15.9 Å². The Morgan fingerprint density at radius 1 is 0.955 bits per heavy atom. The molecule has 2 rings (SSSR count). The molecule has 0 aromatic heterocycles. The summed E-state index contributed by atoms with van der Waals surface area (Å²) in [5.74, 6) is 8.08. The second kappa shape index (κ2) is 6.89. The van der Waals surface area contributed by atoms with E-state index in [1.165, 1.54) is 0 Å². The lowest BCUT2D eigenvalue weighted by Crippen LogP contribution is -2.16. The second-order valence-corrected chi connectivity index (χ2v) is 6.28. The molecule has 0 bridgehead atoms. The van der Waals surface area contributed by atoms with Gasteiger partial charge in [-0.3, -0.25) is 0 Å². The molecule has 0 fully saturated rings. The van der Waals surface area contributed by atoms with Gasteiger partial charge in [0.15, 0.2) is 0 Å². The SMILES string of the molecule is COc1cc(OC)c(C(C)(C)C#Cc2ccccc2)cc1Br. The van der Waals surface area contributed by atoms with Gasteiger partial charge in [0.2, 0.25) is 0 Å². The van der Waals surface area contributed by atoms with Gasteiger partial charge in [-0.25, -0.2) is 0 Å². The van der Waals surface area contributed by atoms with Crippen LogP contribution in [0.25, 0.3) is 0 Å². The van der Waals surface area contributed by atoms with Gasteiger partial charge in [-0.15, -0.1) is 0 Å². The standard InChI is InChI=1S/C19H19BrO2/c1-19(2,11-10-14-8-6-5-7-9-14)15-12-16(20)18(22-4)13-17(15)21-3/h5-9,12-13H,1-4H3. The molecule has 3 heteroatoms. The summed E-state index contributed by atoms with van der Waals surface area (Å²) in [6.07, 6.45) is 0. The van der Waals surface area contributed by atoms with Gasteiger partial charge < -0.3 is 9.47 Å². The summed E-state index contributed by atoms with van der Waals surface area (Å²) in [5.41, 5.74) is 1.67. The quantitative estimate of drug-likeness (QED) is 0.734. The van der Waals surface area contributed by atoms with E-state index < -0.39 is 0 Å². The Balaban J connectivity index is 2.45. The largest absolute Gasteiger partial charge is 0.496 e. The molecule has 0 saturated carbocycles. The van der Waals surface area contributed by atoms with Crippen molar-refractivity contribution in [2.45, 2.75) is 19.3 Å². The van der Waals surface area contributed by atoms with Crippen LogP contribution in [0.4, 0.5) is 0 Å². The molecule has 0 aliphatic heterocycles. The summed E-state index contributed by atoms with van der Waals surface area (Å²) in [6, 6.07) is 13.9. The molecule has 0 heterocycles. The number of hydrogen-bond acceptors (Lipinski definition) is 2. The molecule has 2 aromatic carbocycles. The van der Waals surface area contributed by atoms with Gasteiger partial charge in [0.25, 0.3) is 0 Å². The molecule has 0 radical (unpaired) electrons. The van der Waals surface area contributed by atoms with E-state index in [-0.39, 0.29) is 5.41 Å². The lowest BCUT2D eigenvalue weighted by atomic mass is 9.84. The molecule has 0 unspecified atom stereocenters. The molecular formula is C19H19BrO2. The van der Waals surface area contributed by atoms with E-state index in [2.05, 4.69) is 41.6 Å². The predicted octanol–water partition coefficient (Wildman–Crippen LogP) is 4.80. The van der Waals surface area contributed by atoms with Gasteiger partial charge in [0.1, 0.15) is 11.5 Å². The van der Waals surface area contributed by atoms with E-state index in [0.29, 0.717) is 0 Å². The Morgan fingerprint density at radius 2 is 1.59 bits per heavy atom. The van der Waals surface area contributed by atoms with Crippen molar-refractivity contribution in [2.24, 2.45) is 0 Å². The van der Waals surface area contributed by atoms with Gasteiger partial charge in [-0.05, 0) is 48.0 Å². The summed E-state index contributed by atoms with van der Waals surface area (Å²) in [4.78, 5) is 0. The third-order valence-corrected chi connectivity index (χ3v) is 4.06. The molecule has 0 N–H and O–H groups in total. The molecule has 2 nitrogen and oxygen atoms in total. The zero-order chi connectivity index (χ0) is 16.2. The molecule has 22 heavy (non-hydrogen) atoms. The number of halogens is 1. The fourth-order valence-electron chi connectivity index (χ4n) is 2.17. The molecule has 0 spiro atoms. The van der Waals surface area contributed by atoms with Crippen molar-refractivity contribution in [2.75, 3.05) is 14.2 Å². The van der Waals surface area contributed by atoms with Crippen molar-refractivity contribution >= 4 is 15.9 Å². The first-order valence-electron chi connectivity index (χ1n) is 6.98. The summed E-state index contributed by atoms with van der Waals surface area (Å²) < 4.78 is 11.7. The Kier molecular flexibility index (Phi) is 5.15. The Bertz CT molecular complexity index is 709. The minimum atomic E-state index is -0.351. The van der Waals surface area contributed by atoms with E-state index in [9.17, 15) is 0 Å². The van der Waals surface area contributed by atoms with Crippen LogP contribution in [0.5, 0.6) is 11.5 Å². The minimum absolute atomic E-state index is 0.351. The van der Waals surface area contributed by atoms with E-state index in [1.54, 1.807) is 14.2 Å². The number of hydrogen-bond donors (Lipinski definition) is 0. The number of benzene rings is 2. The highest BCUT2D eigenvalue weighted by Crippen LogP contribution is 2.38. The first kappa shape index (κ1) is 16.5. The fraction of sp³-hybridized carbons (Fsp3) is 0.263. The summed E-state index contributed by atoms with van der Waals surface area (Å²) >= 11 is 3.53. The Hall–Kier alpha value is -1.92. The Morgan fingerprint density at radius 3 is 2.18 bits per heavy atom. The first-order chi connectivity index (χ1) is 10.5. The molecule has 2 aromatic rings. The minimum Gasteiger partial charge on any atom is -0.496 e. The molecule has 0 saturated heterocycles. The van der Waals surface area contributed by atoms with Gasteiger partial charge in [0, 0.05) is 17.2 Å². The van der Waals surface area contributed by atoms with Gasteiger partial charge in [-0.1, -0.05) is 30.0 Å². The average Bonchev–Trinajstić information content (AvgIpc) is 2.53. The maximum absolute atomic E-state index is 5.51. The third kappa shape index (κ3) is 3.64. The Labute approximate surface area is 140 Å². The van der Waals surface area contributed by atoms with Crippen molar-refractivity contribution in [1.82, 2.24) is 0 Å². The van der Waals surface area contributed by atoms with Crippen LogP contribution in [0.2, 0.25) is 0 Å². The van der Waals surface area contributed by atoms with Gasteiger partial charge in [-0.2, -0.15) is 0 Å². The van der Waals surface area contributed by atoms with E-state index in [1.807, 2.05) is 42.5 Å². The van der Waals surface area contributed by atoms with E-state index >= 15 is 0 Å². The van der Waals surface area contributed by atoms with Crippen molar-refractivity contribution < 1.29 is 9.47 Å². The van der Waals surface area contributed by atoms with Crippen LogP contribution in [0, 0.1) is 11.8 Å². The van der Waals surface area contributed by atoms with Crippen LogP contribution in [0.3, 0.4) is 0 Å². The summed E-state index contributed by atoms with van der Waals surface area (Å²) in [5, 5.41) is 0. The van der Waals surface area contributed by atoms with E-state index in [0.717, 1.165) is 27.1 Å². The van der Waals surface area contributed by atoms with Gasteiger partial charge in [0.05, 0.1) is 24.1 Å². The topological polar surface area (TPSA) is 18.5 Å². The molecule has 0 aliphatic rings. The van der Waals surface area contributed by atoms with Crippen LogP contribution in [0.15, 0.2) is 46.9 Å². The normalized spacial score (nSPS) is 10.6. The maximum Gasteiger partial charge on any atom is 0.136 e. The number of methoxy groups -OCH3 is 2. The van der Waals surface area contributed by atoms with Crippen molar-refractivity contribution in [3.8, 4) is 23.3 Å².